The smallest absolute Gasteiger partial charge is 0.0571 e. The number of hydrogen-bond donors (Lipinski definition) is 0. The Morgan fingerprint density at radius 1 is 0.462 bits per heavy atom. The topological polar surface area (TPSA) is 17.8 Å². The largest absolute Gasteiger partial charge is 0.309 e. The van der Waals surface area contributed by atoms with Gasteiger partial charge in [-0.2, -0.15) is 0 Å². The first-order valence-corrected chi connectivity index (χ1v) is 13.4. The molecule has 0 fully saturated rings. The lowest BCUT2D eigenvalue weighted by Crippen LogP contribution is -1.94. The van der Waals surface area contributed by atoms with E-state index in [-0.39, 0.29) is 0 Å². The fourth-order valence-corrected chi connectivity index (χ4v) is 6.68. The summed E-state index contributed by atoms with van der Waals surface area (Å²) >= 11 is 0. The second-order valence-electron chi connectivity index (χ2n) is 10.4. The van der Waals surface area contributed by atoms with Gasteiger partial charge in [0, 0.05) is 28.9 Å². The lowest BCUT2D eigenvalue weighted by atomic mass is 9.94. The molecular formula is C37H22N2. The third-order valence-electron chi connectivity index (χ3n) is 8.42. The van der Waals surface area contributed by atoms with Gasteiger partial charge in [-0.05, 0) is 85.3 Å². The second kappa shape index (κ2) is 7.66. The predicted molar refractivity (Wildman–Crippen MR) is 163 cm³/mol. The molecule has 0 radical (unpaired) electrons. The zero-order chi connectivity index (χ0) is 25.5. The number of benzene rings is 6. The first-order valence-electron chi connectivity index (χ1n) is 13.4. The summed E-state index contributed by atoms with van der Waals surface area (Å²) in [4.78, 5) is 4.45. The van der Waals surface area contributed by atoms with E-state index in [1.54, 1.807) is 0 Å². The molecule has 2 heteroatoms. The highest BCUT2D eigenvalue weighted by Gasteiger charge is 2.22. The molecule has 1 aliphatic rings. The van der Waals surface area contributed by atoms with Gasteiger partial charge in [0.15, 0.2) is 0 Å². The van der Waals surface area contributed by atoms with Crippen molar-refractivity contribution in [2.24, 2.45) is 0 Å². The van der Waals surface area contributed by atoms with Crippen LogP contribution in [0.2, 0.25) is 0 Å². The molecule has 0 bridgehead atoms. The molecule has 180 valence electrons. The summed E-state index contributed by atoms with van der Waals surface area (Å²) in [5.41, 5.74) is 11.4. The van der Waals surface area contributed by atoms with E-state index in [0.717, 1.165) is 5.69 Å². The van der Waals surface area contributed by atoms with Gasteiger partial charge in [0.2, 0.25) is 0 Å². The van der Waals surface area contributed by atoms with Crippen molar-refractivity contribution in [3.05, 3.63) is 134 Å². The fraction of sp³-hybridized carbons (Fsp3) is 0. The van der Waals surface area contributed by atoms with E-state index in [4.69, 9.17) is 0 Å². The average molecular weight is 495 g/mol. The third kappa shape index (κ3) is 2.83. The molecule has 0 aliphatic heterocycles. The Morgan fingerprint density at radius 2 is 1.15 bits per heavy atom. The van der Waals surface area contributed by atoms with Crippen molar-refractivity contribution < 1.29 is 0 Å². The van der Waals surface area contributed by atoms with Crippen molar-refractivity contribution in [1.29, 1.82) is 0 Å². The predicted octanol–water partition coefficient (Wildman–Crippen LogP) is 9.80. The third-order valence-corrected chi connectivity index (χ3v) is 8.42. The Balaban J connectivity index is 1.24. The summed E-state index contributed by atoms with van der Waals surface area (Å²) in [7, 11) is 0. The molecule has 39 heavy (non-hydrogen) atoms. The second-order valence-corrected chi connectivity index (χ2v) is 10.4. The van der Waals surface area contributed by atoms with Crippen molar-refractivity contribution in [3.63, 3.8) is 0 Å². The van der Waals surface area contributed by atoms with Crippen molar-refractivity contribution in [2.75, 3.05) is 0 Å². The van der Waals surface area contributed by atoms with Crippen LogP contribution in [0.15, 0.2) is 134 Å². The van der Waals surface area contributed by atoms with Crippen molar-refractivity contribution >= 4 is 43.4 Å². The number of nitrogens with zero attached hydrogens (tertiary/aromatic N) is 2. The highest BCUT2D eigenvalue weighted by atomic mass is 15.0. The molecule has 6 aromatic carbocycles. The van der Waals surface area contributed by atoms with Crippen LogP contribution in [0.3, 0.4) is 0 Å². The van der Waals surface area contributed by atoms with E-state index in [9.17, 15) is 0 Å². The van der Waals surface area contributed by atoms with Gasteiger partial charge < -0.3 is 4.57 Å². The molecule has 0 N–H and O–H groups in total. The zero-order valence-electron chi connectivity index (χ0n) is 21.1. The van der Waals surface area contributed by atoms with Crippen molar-refractivity contribution in [3.8, 4) is 39.1 Å². The molecule has 2 aromatic heterocycles. The Kier molecular flexibility index (Phi) is 4.08. The van der Waals surface area contributed by atoms with Gasteiger partial charge in [0.1, 0.15) is 0 Å². The Hall–Kier alpha value is -5.21. The summed E-state index contributed by atoms with van der Waals surface area (Å²) in [6.07, 6.45) is 3.87. The van der Waals surface area contributed by atoms with E-state index >= 15 is 0 Å². The quantitative estimate of drug-likeness (QED) is 0.234. The van der Waals surface area contributed by atoms with Crippen LogP contribution >= 0.6 is 0 Å². The summed E-state index contributed by atoms with van der Waals surface area (Å²) in [5.74, 6) is 0. The lowest BCUT2D eigenvalue weighted by molar-refractivity contribution is 1.18. The van der Waals surface area contributed by atoms with E-state index in [0.29, 0.717) is 0 Å². The van der Waals surface area contributed by atoms with Gasteiger partial charge in [-0.15, -0.1) is 0 Å². The van der Waals surface area contributed by atoms with E-state index in [1.807, 2.05) is 12.4 Å². The van der Waals surface area contributed by atoms with Gasteiger partial charge in [0.25, 0.3) is 0 Å². The van der Waals surface area contributed by atoms with Crippen LogP contribution in [0.5, 0.6) is 0 Å². The zero-order valence-corrected chi connectivity index (χ0v) is 21.1. The Morgan fingerprint density at radius 3 is 1.97 bits per heavy atom. The minimum atomic E-state index is 1.15. The molecule has 1 aliphatic carbocycles. The number of aromatic nitrogens is 2. The number of pyridine rings is 1. The van der Waals surface area contributed by atoms with Gasteiger partial charge in [-0.3, -0.25) is 4.98 Å². The van der Waals surface area contributed by atoms with Crippen LogP contribution in [-0.4, -0.2) is 9.55 Å². The first kappa shape index (κ1) is 20.8. The van der Waals surface area contributed by atoms with Crippen molar-refractivity contribution in [1.82, 2.24) is 9.55 Å². The summed E-state index contributed by atoms with van der Waals surface area (Å²) in [6, 6.07) is 44.4. The van der Waals surface area contributed by atoms with E-state index < -0.39 is 0 Å². The maximum absolute atomic E-state index is 4.45. The lowest BCUT2D eigenvalue weighted by Gasteiger charge is -2.12. The summed E-state index contributed by atoms with van der Waals surface area (Å²) < 4.78 is 2.37. The van der Waals surface area contributed by atoms with Gasteiger partial charge in [-0.1, -0.05) is 91.0 Å². The molecule has 2 heterocycles. The highest BCUT2D eigenvalue weighted by Crippen LogP contribution is 2.49. The van der Waals surface area contributed by atoms with E-state index in [2.05, 4.69) is 131 Å². The summed E-state index contributed by atoms with van der Waals surface area (Å²) in [5, 5.41) is 7.57. The SMILES string of the molecule is c1ccc2c(c1)-c1cccc3c(-c4ccc(-n5c6ccncc6c6cc7ccccc7cc65)cc4)ccc-2c13. The molecule has 2 nitrogen and oxygen atoms in total. The molecule has 0 unspecified atom stereocenters. The van der Waals surface area contributed by atoms with Crippen LogP contribution < -0.4 is 0 Å². The molecule has 0 saturated carbocycles. The maximum atomic E-state index is 4.45. The van der Waals surface area contributed by atoms with Crippen LogP contribution in [0, 0.1) is 0 Å². The average Bonchev–Trinajstić information content (AvgIpc) is 3.50. The molecule has 0 saturated heterocycles. The maximum Gasteiger partial charge on any atom is 0.0571 e. The number of rotatable bonds is 2. The summed E-state index contributed by atoms with van der Waals surface area (Å²) in [6.45, 7) is 0. The first-order chi connectivity index (χ1) is 19.3. The molecule has 8 aromatic rings. The highest BCUT2D eigenvalue weighted by molar-refractivity contribution is 6.18. The Labute approximate surface area is 225 Å². The van der Waals surface area contributed by atoms with Crippen molar-refractivity contribution in [2.45, 2.75) is 0 Å². The fourth-order valence-electron chi connectivity index (χ4n) is 6.68. The monoisotopic (exact) mass is 494 g/mol. The molecule has 0 amide bonds. The number of hydrogen-bond acceptors (Lipinski definition) is 1. The molecule has 9 rings (SSSR count). The van der Waals surface area contributed by atoms with Gasteiger partial charge in [0.05, 0.1) is 11.0 Å². The Bertz CT molecular complexity index is 2240. The van der Waals surface area contributed by atoms with Gasteiger partial charge >= 0.3 is 0 Å². The van der Waals surface area contributed by atoms with E-state index in [1.165, 1.54) is 76.7 Å². The van der Waals surface area contributed by atoms with Crippen LogP contribution in [0.25, 0.3) is 82.4 Å². The van der Waals surface area contributed by atoms with Crippen LogP contribution in [0.4, 0.5) is 0 Å². The molecular weight excluding hydrogens is 472 g/mol. The molecule has 0 spiro atoms. The normalized spacial score (nSPS) is 12.1. The standard InChI is InChI=1S/C37H22N2/c1-2-7-25-21-36-33(20-24(25)6-1)34-22-38-19-18-35(34)39(36)26-14-12-23(13-15-26)27-16-17-32-29-9-4-3-8-28(29)31-11-5-10-30(27)37(31)32/h1-22H. The van der Waals surface area contributed by atoms with Gasteiger partial charge in [-0.25, -0.2) is 0 Å². The van der Waals surface area contributed by atoms with Crippen LogP contribution in [0.1, 0.15) is 0 Å². The van der Waals surface area contributed by atoms with Crippen LogP contribution in [-0.2, 0) is 0 Å². The number of fused-ring (bicyclic) bond motifs is 7. The molecule has 0 atom stereocenters. The minimum Gasteiger partial charge on any atom is -0.309 e. The minimum absolute atomic E-state index is 1.15.